The van der Waals surface area contributed by atoms with Crippen LogP contribution < -0.4 is 0 Å². The summed E-state index contributed by atoms with van der Waals surface area (Å²) in [7, 11) is 3.70. The van der Waals surface area contributed by atoms with Crippen LogP contribution in [0.4, 0.5) is 0 Å². The van der Waals surface area contributed by atoms with E-state index in [2.05, 4.69) is 18.9 Å². The average molecular weight is 227 g/mol. The van der Waals surface area contributed by atoms with Crippen LogP contribution in [0.25, 0.3) is 0 Å². The van der Waals surface area contributed by atoms with E-state index in [0.29, 0.717) is 6.04 Å². The summed E-state index contributed by atoms with van der Waals surface area (Å²) in [6, 6.07) is 0.674. The van der Waals surface area contributed by atoms with Gasteiger partial charge in [0.05, 0.1) is 13.0 Å². The van der Waals surface area contributed by atoms with Crippen LogP contribution in [-0.2, 0) is 9.53 Å². The first-order valence-corrected chi connectivity index (χ1v) is 6.47. The molecular formula is C13H25NO2. The maximum atomic E-state index is 11.4. The quantitative estimate of drug-likeness (QED) is 0.676. The molecule has 16 heavy (non-hydrogen) atoms. The van der Waals surface area contributed by atoms with Gasteiger partial charge in [0.2, 0.25) is 0 Å². The Morgan fingerprint density at radius 3 is 2.44 bits per heavy atom. The largest absolute Gasteiger partial charge is 0.469 e. The number of esters is 1. The lowest BCUT2D eigenvalue weighted by atomic mass is 9.85. The molecule has 94 valence electrons. The predicted octanol–water partition coefficient (Wildman–Crippen LogP) is 2.45. The summed E-state index contributed by atoms with van der Waals surface area (Å²) >= 11 is 0. The van der Waals surface area contributed by atoms with Gasteiger partial charge < -0.3 is 9.64 Å². The summed E-state index contributed by atoms with van der Waals surface area (Å²) in [4.78, 5) is 13.8. The predicted molar refractivity (Wildman–Crippen MR) is 65.3 cm³/mol. The first kappa shape index (κ1) is 13.5. The number of nitrogens with zero attached hydrogens (tertiary/aromatic N) is 1. The Kier molecular flexibility index (Phi) is 5.81. The molecule has 1 fully saturated rings. The molecule has 0 bridgehead atoms. The molecule has 0 aromatic rings. The van der Waals surface area contributed by atoms with E-state index in [1.54, 1.807) is 0 Å². The zero-order chi connectivity index (χ0) is 12.0. The third-order valence-corrected chi connectivity index (χ3v) is 3.72. The van der Waals surface area contributed by atoms with Crippen molar-refractivity contribution in [3.63, 3.8) is 0 Å². The molecule has 0 saturated heterocycles. The highest BCUT2D eigenvalue weighted by atomic mass is 16.5. The highest BCUT2D eigenvalue weighted by Crippen LogP contribution is 2.27. The van der Waals surface area contributed by atoms with Crippen molar-refractivity contribution < 1.29 is 9.53 Å². The molecule has 0 unspecified atom stereocenters. The maximum absolute atomic E-state index is 11.4. The second kappa shape index (κ2) is 6.89. The number of unbranched alkanes of at least 4 members (excludes halogenated alkanes) is 1. The number of ether oxygens (including phenoxy) is 1. The van der Waals surface area contributed by atoms with Crippen LogP contribution in [0.15, 0.2) is 0 Å². The van der Waals surface area contributed by atoms with Crippen LogP contribution in [-0.4, -0.2) is 37.6 Å². The van der Waals surface area contributed by atoms with Gasteiger partial charge in [-0.1, -0.05) is 13.3 Å². The first-order valence-electron chi connectivity index (χ1n) is 6.47. The normalized spacial score (nSPS) is 25.8. The van der Waals surface area contributed by atoms with Gasteiger partial charge in [0, 0.05) is 6.04 Å². The fraction of sp³-hybridized carbons (Fsp3) is 0.923. The van der Waals surface area contributed by atoms with Gasteiger partial charge in [0.15, 0.2) is 0 Å². The molecule has 1 rings (SSSR count). The van der Waals surface area contributed by atoms with Crippen molar-refractivity contribution in [1.29, 1.82) is 0 Å². The fourth-order valence-corrected chi connectivity index (χ4v) is 2.51. The third kappa shape index (κ3) is 3.78. The Bertz CT molecular complexity index is 210. The summed E-state index contributed by atoms with van der Waals surface area (Å²) in [5, 5.41) is 0. The minimum absolute atomic E-state index is 0.0188. The van der Waals surface area contributed by atoms with E-state index >= 15 is 0 Å². The van der Waals surface area contributed by atoms with E-state index in [0.717, 1.165) is 25.7 Å². The lowest BCUT2D eigenvalue weighted by Crippen LogP contribution is -2.37. The summed E-state index contributed by atoms with van der Waals surface area (Å²) in [5.74, 6) is 0.135. The number of carbonyl (C=O) groups excluding carboxylic acids is 1. The zero-order valence-electron chi connectivity index (χ0n) is 10.9. The molecule has 0 atom stereocenters. The minimum Gasteiger partial charge on any atom is -0.469 e. The van der Waals surface area contributed by atoms with Gasteiger partial charge in [0.25, 0.3) is 0 Å². The van der Waals surface area contributed by atoms with Crippen molar-refractivity contribution in [2.75, 3.05) is 20.7 Å². The molecule has 0 aromatic heterocycles. The van der Waals surface area contributed by atoms with Gasteiger partial charge in [0.1, 0.15) is 0 Å². The molecular weight excluding hydrogens is 202 g/mol. The molecule has 1 aliphatic carbocycles. The van der Waals surface area contributed by atoms with Crippen molar-refractivity contribution in [1.82, 2.24) is 4.90 Å². The van der Waals surface area contributed by atoms with Crippen molar-refractivity contribution in [2.45, 2.75) is 51.5 Å². The van der Waals surface area contributed by atoms with E-state index in [9.17, 15) is 4.79 Å². The molecule has 3 nitrogen and oxygen atoms in total. The molecule has 1 aliphatic rings. The van der Waals surface area contributed by atoms with Crippen LogP contribution in [0, 0.1) is 5.92 Å². The van der Waals surface area contributed by atoms with Gasteiger partial charge in [-0.2, -0.15) is 0 Å². The topological polar surface area (TPSA) is 29.5 Å². The lowest BCUT2D eigenvalue weighted by Gasteiger charge is -2.33. The molecule has 0 heterocycles. The smallest absolute Gasteiger partial charge is 0.308 e. The van der Waals surface area contributed by atoms with Crippen molar-refractivity contribution >= 4 is 5.97 Å². The third-order valence-electron chi connectivity index (χ3n) is 3.72. The van der Waals surface area contributed by atoms with Crippen molar-refractivity contribution in [3.05, 3.63) is 0 Å². The van der Waals surface area contributed by atoms with Crippen molar-refractivity contribution in [2.24, 2.45) is 5.92 Å². The minimum atomic E-state index is -0.0188. The number of methoxy groups -OCH3 is 1. The maximum Gasteiger partial charge on any atom is 0.308 e. The van der Waals surface area contributed by atoms with Crippen molar-refractivity contribution in [3.8, 4) is 0 Å². The Hall–Kier alpha value is -0.570. The van der Waals surface area contributed by atoms with Crippen LogP contribution in [0.5, 0.6) is 0 Å². The van der Waals surface area contributed by atoms with E-state index in [1.165, 1.54) is 26.5 Å². The van der Waals surface area contributed by atoms with Gasteiger partial charge in [-0.05, 0) is 45.7 Å². The Morgan fingerprint density at radius 1 is 1.31 bits per heavy atom. The standard InChI is InChI=1S/C13H25NO2/c1-4-5-10-14(2)12-8-6-11(7-9-12)13(15)16-3/h11-12H,4-10H2,1-3H3. The Morgan fingerprint density at radius 2 is 1.94 bits per heavy atom. The van der Waals surface area contributed by atoms with Gasteiger partial charge in [-0.3, -0.25) is 4.79 Å². The number of rotatable bonds is 5. The molecule has 0 aromatic carbocycles. The van der Waals surface area contributed by atoms with Gasteiger partial charge in [-0.15, -0.1) is 0 Å². The molecule has 0 N–H and O–H groups in total. The van der Waals surface area contributed by atoms with Crippen LogP contribution in [0.1, 0.15) is 45.4 Å². The van der Waals surface area contributed by atoms with E-state index < -0.39 is 0 Å². The fourth-order valence-electron chi connectivity index (χ4n) is 2.51. The average Bonchev–Trinajstić information content (AvgIpc) is 2.35. The molecule has 0 amide bonds. The van der Waals surface area contributed by atoms with E-state index in [-0.39, 0.29) is 11.9 Å². The Labute approximate surface area is 99.1 Å². The summed E-state index contributed by atoms with van der Waals surface area (Å²) in [6.45, 7) is 3.41. The summed E-state index contributed by atoms with van der Waals surface area (Å²) in [5.41, 5.74) is 0. The highest BCUT2D eigenvalue weighted by molar-refractivity contribution is 5.72. The lowest BCUT2D eigenvalue weighted by molar-refractivity contribution is -0.146. The van der Waals surface area contributed by atoms with E-state index in [4.69, 9.17) is 4.74 Å². The number of hydrogen-bond acceptors (Lipinski definition) is 3. The molecule has 1 saturated carbocycles. The van der Waals surface area contributed by atoms with E-state index in [1.807, 2.05) is 0 Å². The second-order valence-electron chi connectivity index (χ2n) is 4.86. The number of carbonyl (C=O) groups is 1. The molecule has 0 spiro atoms. The van der Waals surface area contributed by atoms with Crippen LogP contribution in [0.3, 0.4) is 0 Å². The van der Waals surface area contributed by atoms with Crippen LogP contribution >= 0.6 is 0 Å². The first-order chi connectivity index (χ1) is 7.69. The number of hydrogen-bond donors (Lipinski definition) is 0. The molecule has 0 aliphatic heterocycles. The molecule has 3 heteroatoms. The Balaban J connectivity index is 2.28. The van der Waals surface area contributed by atoms with Gasteiger partial charge in [-0.25, -0.2) is 0 Å². The zero-order valence-corrected chi connectivity index (χ0v) is 10.9. The monoisotopic (exact) mass is 227 g/mol. The SMILES string of the molecule is CCCCN(C)C1CCC(C(=O)OC)CC1. The van der Waals surface area contributed by atoms with Crippen LogP contribution in [0.2, 0.25) is 0 Å². The summed E-state index contributed by atoms with van der Waals surface area (Å²) in [6.07, 6.45) is 6.79. The molecule has 0 radical (unpaired) electrons. The summed E-state index contributed by atoms with van der Waals surface area (Å²) < 4.78 is 4.80. The highest BCUT2D eigenvalue weighted by Gasteiger charge is 2.28. The van der Waals surface area contributed by atoms with Gasteiger partial charge >= 0.3 is 5.97 Å². The second-order valence-corrected chi connectivity index (χ2v) is 4.86.